The molecule has 19 heavy (non-hydrogen) atoms. The van der Waals surface area contributed by atoms with Crippen LogP contribution in [0, 0.1) is 17.5 Å². The molecule has 1 unspecified atom stereocenters. The molecule has 0 aliphatic rings. The van der Waals surface area contributed by atoms with Gasteiger partial charge in [0.1, 0.15) is 17.5 Å². The van der Waals surface area contributed by atoms with E-state index in [1.54, 1.807) is 0 Å². The van der Waals surface area contributed by atoms with Gasteiger partial charge in [0.15, 0.2) is 0 Å². The Balaban J connectivity index is 2.49. The molecule has 0 fully saturated rings. The van der Waals surface area contributed by atoms with Crippen LogP contribution in [0.4, 0.5) is 13.2 Å². The molecule has 0 N–H and O–H groups in total. The molecule has 1 atom stereocenters. The lowest BCUT2D eigenvalue weighted by molar-refractivity contribution is 0.583. The van der Waals surface area contributed by atoms with Crippen LogP contribution in [0.3, 0.4) is 0 Å². The fourth-order valence-corrected chi connectivity index (χ4v) is 3.56. The van der Waals surface area contributed by atoms with Crippen molar-refractivity contribution in [1.82, 2.24) is 0 Å². The summed E-state index contributed by atoms with van der Waals surface area (Å²) in [6.45, 7) is 0. The first-order valence-corrected chi connectivity index (χ1v) is 7.63. The summed E-state index contributed by atoms with van der Waals surface area (Å²) in [5.41, 5.74) is 0.759. The Bertz CT molecular complexity index is 629. The van der Waals surface area contributed by atoms with E-state index in [2.05, 4.69) is 47.8 Å². The van der Waals surface area contributed by atoms with Gasteiger partial charge in [0.2, 0.25) is 0 Å². The topological polar surface area (TPSA) is 0 Å². The van der Waals surface area contributed by atoms with Gasteiger partial charge < -0.3 is 0 Å². The molecule has 0 amide bonds. The molecule has 0 bridgehead atoms. The van der Waals surface area contributed by atoms with Crippen molar-refractivity contribution in [3.05, 3.63) is 67.9 Å². The average molecular weight is 459 g/mol. The second-order valence-corrected chi connectivity index (χ2v) is 6.44. The van der Waals surface area contributed by atoms with Crippen molar-refractivity contribution in [3.63, 3.8) is 0 Å². The Labute approximate surface area is 133 Å². The number of benzene rings is 2. The zero-order valence-electron chi connectivity index (χ0n) is 9.23. The minimum absolute atomic E-state index is 0.0617. The summed E-state index contributed by atoms with van der Waals surface area (Å²) < 4.78 is 40.9. The summed E-state index contributed by atoms with van der Waals surface area (Å²) in [6.07, 6.45) is 0. The van der Waals surface area contributed by atoms with E-state index in [0.717, 1.165) is 12.1 Å². The van der Waals surface area contributed by atoms with Crippen molar-refractivity contribution in [2.45, 2.75) is 4.83 Å². The Kier molecular flexibility index (Phi) is 4.74. The molecule has 0 spiro atoms. The molecule has 2 aromatic carbocycles. The molecule has 0 heterocycles. The highest BCUT2D eigenvalue weighted by Gasteiger charge is 2.19. The largest absolute Gasteiger partial charge is 0.207 e. The van der Waals surface area contributed by atoms with Crippen molar-refractivity contribution in [2.75, 3.05) is 0 Å². The van der Waals surface area contributed by atoms with Crippen LogP contribution in [-0.4, -0.2) is 0 Å². The van der Waals surface area contributed by atoms with E-state index in [1.165, 1.54) is 18.2 Å². The first-order chi connectivity index (χ1) is 8.90. The van der Waals surface area contributed by atoms with Gasteiger partial charge in [0.25, 0.3) is 0 Å². The van der Waals surface area contributed by atoms with Crippen LogP contribution >= 0.6 is 47.8 Å². The normalized spacial score (nSPS) is 12.5. The van der Waals surface area contributed by atoms with Gasteiger partial charge in [-0.2, -0.15) is 0 Å². The van der Waals surface area contributed by atoms with E-state index in [9.17, 15) is 13.2 Å². The van der Waals surface area contributed by atoms with Crippen molar-refractivity contribution in [3.8, 4) is 0 Å². The monoisotopic (exact) mass is 456 g/mol. The molecule has 0 aliphatic carbocycles. The van der Waals surface area contributed by atoms with Crippen molar-refractivity contribution < 1.29 is 13.2 Å². The van der Waals surface area contributed by atoms with Crippen molar-refractivity contribution in [2.24, 2.45) is 0 Å². The summed E-state index contributed by atoms with van der Waals surface area (Å²) in [5, 5.41) is 0. The maximum atomic E-state index is 13.9. The number of rotatable bonds is 2. The Hall–Kier alpha value is -0.330. The van der Waals surface area contributed by atoms with E-state index in [1.807, 2.05) is 0 Å². The molecule has 0 saturated heterocycles. The van der Waals surface area contributed by atoms with Crippen molar-refractivity contribution >= 4 is 47.8 Å². The van der Waals surface area contributed by atoms with Crippen LogP contribution in [0.2, 0.25) is 0 Å². The molecule has 2 aromatic rings. The molecular formula is C13H6Br3F3. The lowest BCUT2D eigenvalue weighted by Gasteiger charge is -2.14. The fraction of sp³-hybridized carbons (Fsp3) is 0.0769. The minimum Gasteiger partial charge on any atom is -0.207 e. The Morgan fingerprint density at radius 1 is 0.789 bits per heavy atom. The summed E-state index contributed by atoms with van der Waals surface area (Å²) in [4.78, 5) is -0.579. The number of alkyl halides is 1. The van der Waals surface area contributed by atoms with Gasteiger partial charge in [-0.25, -0.2) is 13.2 Å². The molecular weight excluding hydrogens is 453 g/mol. The highest BCUT2D eigenvalue weighted by molar-refractivity contribution is 9.11. The first-order valence-electron chi connectivity index (χ1n) is 5.13. The summed E-state index contributed by atoms with van der Waals surface area (Å²) in [6, 6.07) is 6.22. The fourth-order valence-electron chi connectivity index (χ4n) is 1.61. The van der Waals surface area contributed by atoms with Crippen LogP contribution in [0.15, 0.2) is 39.3 Å². The Morgan fingerprint density at radius 3 is 2.11 bits per heavy atom. The molecule has 0 aromatic heterocycles. The third-order valence-electron chi connectivity index (χ3n) is 2.55. The number of halogens is 6. The number of hydrogen-bond acceptors (Lipinski definition) is 0. The van der Waals surface area contributed by atoms with E-state index >= 15 is 0 Å². The molecule has 100 valence electrons. The predicted molar refractivity (Wildman–Crippen MR) is 78.9 cm³/mol. The molecule has 6 heteroatoms. The van der Waals surface area contributed by atoms with E-state index < -0.39 is 22.3 Å². The van der Waals surface area contributed by atoms with Gasteiger partial charge in [0, 0.05) is 10.0 Å². The quantitative estimate of drug-likeness (QED) is 0.376. The maximum Gasteiger partial charge on any atom is 0.137 e. The van der Waals surface area contributed by atoms with Crippen LogP contribution in [0.1, 0.15) is 16.0 Å². The Morgan fingerprint density at radius 2 is 1.47 bits per heavy atom. The zero-order chi connectivity index (χ0) is 14.2. The van der Waals surface area contributed by atoms with Crippen LogP contribution in [-0.2, 0) is 0 Å². The summed E-state index contributed by atoms with van der Waals surface area (Å²) in [7, 11) is 0. The van der Waals surface area contributed by atoms with Gasteiger partial charge in [0.05, 0.1) is 9.30 Å². The highest BCUT2D eigenvalue weighted by Crippen LogP contribution is 2.38. The molecule has 0 aliphatic heterocycles. The van der Waals surface area contributed by atoms with Gasteiger partial charge in [-0.05, 0) is 45.8 Å². The second kappa shape index (κ2) is 5.97. The zero-order valence-corrected chi connectivity index (χ0v) is 14.0. The third-order valence-corrected chi connectivity index (χ3v) is 4.83. The lowest BCUT2D eigenvalue weighted by atomic mass is 10.0. The number of hydrogen-bond donors (Lipinski definition) is 0. The molecule has 0 saturated carbocycles. The van der Waals surface area contributed by atoms with Crippen molar-refractivity contribution in [1.29, 1.82) is 0 Å². The standard InChI is InChI=1S/C13H6Br3F3/c14-9-3-6(17)1-2-7(9)13(16)8-4-12(19)10(15)5-11(8)18/h1-5,13H. The average Bonchev–Trinajstić information content (AvgIpc) is 2.33. The minimum atomic E-state index is -0.579. The van der Waals surface area contributed by atoms with Crippen LogP contribution in [0.5, 0.6) is 0 Å². The van der Waals surface area contributed by atoms with Gasteiger partial charge in [-0.15, -0.1) is 0 Å². The predicted octanol–water partition coefficient (Wildman–Crippen LogP) is 6.11. The third kappa shape index (κ3) is 3.23. The van der Waals surface area contributed by atoms with Crippen LogP contribution < -0.4 is 0 Å². The molecule has 2 rings (SSSR count). The molecule has 0 nitrogen and oxygen atoms in total. The van der Waals surface area contributed by atoms with Gasteiger partial charge in [-0.1, -0.05) is 37.9 Å². The summed E-state index contributed by atoms with van der Waals surface area (Å²) >= 11 is 9.43. The van der Waals surface area contributed by atoms with Gasteiger partial charge >= 0.3 is 0 Å². The van der Waals surface area contributed by atoms with E-state index in [-0.39, 0.29) is 10.0 Å². The van der Waals surface area contributed by atoms with Gasteiger partial charge in [-0.3, -0.25) is 0 Å². The smallest absolute Gasteiger partial charge is 0.137 e. The van der Waals surface area contributed by atoms with E-state index in [0.29, 0.717) is 10.0 Å². The first kappa shape index (κ1) is 15.1. The lowest BCUT2D eigenvalue weighted by Crippen LogP contribution is -1.99. The highest BCUT2D eigenvalue weighted by atomic mass is 79.9. The SMILES string of the molecule is Fc1ccc(C(Br)c2cc(F)c(Br)cc2F)c(Br)c1. The second-order valence-electron chi connectivity index (χ2n) is 3.82. The van der Waals surface area contributed by atoms with Crippen LogP contribution in [0.25, 0.3) is 0 Å². The summed E-state index contributed by atoms with van der Waals surface area (Å²) in [5.74, 6) is -1.51. The maximum absolute atomic E-state index is 13.9. The van der Waals surface area contributed by atoms with E-state index in [4.69, 9.17) is 0 Å². The molecule has 0 radical (unpaired) electrons.